The first kappa shape index (κ1) is 33.1. The van der Waals surface area contributed by atoms with Crippen molar-refractivity contribution in [3.63, 3.8) is 0 Å². The van der Waals surface area contributed by atoms with Gasteiger partial charge in [0.2, 0.25) is 0 Å². The normalized spacial score (nSPS) is 13.0. The summed E-state index contributed by atoms with van der Waals surface area (Å²) >= 11 is 0. The van der Waals surface area contributed by atoms with E-state index in [4.69, 9.17) is 19.0 Å². The fourth-order valence-electron chi connectivity index (χ4n) is 4.77. The summed E-state index contributed by atoms with van der Waals surface area (Å²) in [5.74, 6) is 0. The molecule has 0 aliphatic rings. The largest absolute Gasteiger partial charge is 0.500 e. The van der Waals surface area contributed by atoms with Crippen molar-refractivity contribution in [2.45, 2.75) is 160 Å². The highest BCUT2D eigenvalue weighted by molar-refractivity contribution is 6.60. The van der Waals surface area contributed by atoms with E-state index in [0.717, 1.165) is 25.3 Å². The van der Waals surface area contributed by atoms with E-state index in [0.29, 0.717) is 6.04 Å². The molecule has 1 unspecified atom stereocenters. The molecule has 0 spiro atoms. The van der Waals surface area contributed by atoms with Gasteiger partial charge in [-0.25, -0.2) is 0 Å². The van der Waals surface area contributed by atoms with Gasteiger partial charge in [-0.1, -0.05) is 129 Å². The number of hydrogen-bond acceptors (Lipinski definition) is 4. The zero-order chi connectivity index (χ0) is 24.5. The van der Waals surface area contributed by atoms with E-state index in [-0.39, 0.29) is 0 Å². The summed E-state index contributed by atoms with van der Waals surface area (Å²) in [6.45, 7) is 2.30. The highest BCUT2D eigenvalue weighted by Gasteiger charge is 2.36. The highest BCUT2D eigenvalue weighted by Crippen LogP contribution is 2.19. The van der Waals surface area contributed by atoms with E-state index < -0.39 is 8.80 Å². The molecule has 2 N–H and O–H groups in total. The van der Waals surface area contributed by atoms with Gasteiger partial charge in [0.15, 0.2) is 0 Å². The molecule has 0 aliphatic heterocycles. The average Bonchev–Trinajstić information content (AvgIpc) is 2.83. The molecule has 4 nitrogen and oxygen atoms in total. The summed E-state index contributed by atoms with van der Waals surface area (Å²) < 4.78 is 16.4. The third kappa shape index (κ3) is 21.1. The first-order chi connectivity index (χ1) is 16.1. The molecule has 0 amide bonds. The Morgan fingerprint density at radius 1 is 0.485 bits per heavy atom. The Balaban J connectivity index is 3.27. The predicted octanol–water partition coefficient (Wildman–Crippen LogP) is 8.79. The van der Waals surface area contributed by atoms with Crippen LogP contribution >= 0.6 is 0 Å². The second-order valence-electron chi connectivity index (χ2n) is 10.1. The summed E-state index contributed by atoms with van der Waals surface area (Å²) in [5.41, 5.74) is 6.30. The van der Waals surface area contributed by atoms with Gasteiger partial charge in [0.1, 0.15) is 0 Å². The smallest absolute Gasteiger partial charge is 0.377 e. The second kappa shape index (κ2) is 25.2. The van der Waals surface area contributed by atoms with Crippen molar-refractivity contribution in [2.24, 2.45) is 5.73 Å². The molecule has 0 aliphatic carbocycles. The van der Waals surface area contributed by atoms with Crippen LogP contribution in [0.25, 0.3) is 0 Å². The van der Waals surface area contributed by atoms with E-state index in [9.17, 15) is 0 Å². The SMILES string of the molecule is CCCCCCCCCCCCCCCCCCCCCC(N)CCC[Si](OC)(OC)OC. The molecule has 0 radical (unpaired) electrons. The van der Waals surface area contributed by atoms with Crippen LogP contribution in [0.4, 0.5) is 0 Å². The molecule has 5 heteroatoms. The topological polar surface area (TPSA) is 53.7 Å². The maximum absolute atomic E-state index is 6.30. The predicted molar refractivity (Wildman–Crippen MR) is 147 cm³/mol. The Labute approximate surface area is 209 Å². The van der Waals surface area contributed by atoms with E-state index in [1.807, 2.05) is 0 Å². The van der Waals surface area contributed by atoms with Crippen LogP contribution in [0.2, 0.25) is 6.04 Å². The number of unbranched alkanes of at least 4 members (excludes halogenated alkanes) is 18. The van der Waals surface area contributed by atoms with E-state index in [1.165, 1.54) is 122 Å². The fourth-order valence-corrected chi connectivity index (χ4v) is 6.52. The van der Waals surface area contributed by atoms with E-state index >= 15 is 0 Å². The summed E-state index contributed by atoms with van der Waals surface area (Å²) in [5, 5.41) is 0. The maximum Gasteiger partial charge on any atom is 0.500 e. The standard InChI is InChI=1S/C28H61NO3Si/c1-5-6-7-8-9-10-11-12-13-14-15-16-17-18-19-20-21-22-23-25-28(29)26-24-27-33(30-2,31-3)32-4/h28H,5-27,29H2,1-4H3. The third-order valence-electron chi connectivity index (χ3n) is 7.17. The van der Waals surface area contributed by atoms with Crippen molar-refractivity contribution in [1.82, 2.24) is 0 Å². The molecule has 0 bridgehead atoms. The van der Waals surface area contributed by atoms with Gasteiger partial charge in [-0.2, -0.15) is 0 Å². The number of rotatable bonds is 27. The van der Waals surface area contributed by atoms with Crippen LogP contribution in [0.3, 0.4) is 0 Å². The Morgan fingerprint density at radius 3 is 1.12 bits per heavy atom. The van der Waals surface area contributed by atoms with Gasteiger partial charge in [-0.3, -0.25) is 0 Å². The molecule has 0 fully saturated rings. The lowest BCUT2D eigenvalue weighted by Crippen LogP contribution is -2.42. The van der Waals surface area contributed by atoms with Crippen LogP contribution in [0.5, 0.6) is 0 Å². The van der Waals surface area contributed by atoms with Crippen molar-refractivity contribution in [3.05, 3.63) is 0 Å². The van der Waals surface area contributed by atoms with Crippen molar-refractivity contribution >= 4 is 8.80 Å². The monoisotopic (exact) mass is 487 g/mol. The number of hydrogen-bond donors (Lipinski definition) is 1. The molecule has 33 heavy (non-hydrogen) atoms. The molecule has 0 heterocycles. The molecule has 1 atom stereocenters. The Bertz CT molecular complexity index is 372. The summed E-state index contributed by atoms with van der Waals surface area (Å²) in [4.78, 5) is 0. The lowest BCUT2D eigenvalue weighted by molar-refractivity contribution is 0.122. The van der Waals surface area contributed by atoms with Crippen LogP contribution in [0.15, 0.2) is 0 Å². The first-order valence-electron chi connectivity index (χ1n) is 14.5. The van der Waals surface area contributed by atoms with Crippen LogP contribution in [-0.4, -0.2) is 36.2 Å². The maximum atomic E-state index is 6.30. The number of nitrogens with two attached hydrogens (primary N) is 1. The first-order valence-corrected chi connectivity index (χ1v) is 16.5. The minimum atomic E-state index is -2.42. The van der Waals surface area contributed by atoms with Crippen LogP contribution < -0.4 is 5.73 Å². The summed E-state index contributed by atoms with van der Waals surface area (Å²) in [6, 6.07) is 1.15. The Hall–Kier alpha value is 0.0569. The van der Waals surface area contributed by atoms with Gasteiger partial charge < -0.3 is 19.0 Å². The molecule has 0 rings (SSSR count). The Kier molecular flexibility index (Phi) is 25.2. The van der Waals surface area contributed by atoms with Gasteiger partial charge in [0, 0.05) is 33.4 Å². The summed E-state index contributed by atoms with van der Waals surface area (Å²) in [6.07, 6.45) is 30.2. The van der Waals surface area contributed by atoms with Gasteiger partial charge >= 0.3 is 8.80 Å². The molecule has 200 valence electrons. The molecule has 0 saturated carbocycles. The van der Waals surface area contributed by atoms with Crippen molar-refractivity contribution in [3.8, 4) is 0 Å². The van der Waals surface area contributed by atoms with E-state index in [2.05, 4.69) is 6.92 Å². The van der Waals surface area contributed by atoms with Gasteiger partial charge in [0.25, 0.3) is 0 Å². The molecule has 0 aromatic rings. The molecular weight excluding hydrogens is 426 g/mol. The lowest BCUT2D eigenvalue weighted by atomic mass is 10.0. The minimum Gasteiger partial charge on any atom is -0.377 e. The molecule has 0 aromatic carbocycles. The summed E-state index contributed by atoms with van der Waals surface area (Å²) in [7, 11) is 2.62. The minimum absolute atomic E-state index is 0.299. The lowest BCUT2D eigenvalue weighted by Gasteiger charge is -2.24. The van der Waals surface area contributed by atoms with Crippen molar-refractivity contribution in [2.75, 3.05) is 21.3 Å². The quantitative estimate of drug-likeness (QED) is 0.0928. The van der Waals surface area contributed by atoms with Gasteiger partial charge in [-0.05, 0) is 19.3 Å². The molecule has 0 saturated heterocycles. The van der Waals surface area contributed by atoms with Crippen LogP contribution in [0.1, 0.15) is 148 Å². The zero-order valence-corrected chi connectivity index (χ0v) is 24.1. The van der Waals surface area contributed by atoms with Crippen molar-refractivity contribution in [1.29, 1.82) is 0 Å². The van der Waals surface area contributed by atoms with Gasteiger partial charge in [0.05, 0.1) is 0 Å². The fraction of sp³-hybridized carbons (Fsp3) is 1.00. The second-order valence-corrected chi connectivity index (χ2v) is 13.2. The zero-order valence-electron chi connectivity index (χ0n) is 23.1. The van der Waals surface area contributed by atoms with Crippen LogP contribution in [-0.2, 0) is 13.3 Å². The highest BCUT2D eigenvalue weighted by atomic mass is 28.4. The molecule has 0 aromatic heterocycles. The van der Waals surface area contributed by atoms with Crippen LogP contribution in [0, 0.1) is 0 Å². The molecular formula is C28H61NO3Si. The van der Waals surface area contributed by atoms with Gasteiger partial charge in [-0.15, -0.1) is 0 Å². The Morgan fingerprint density at radius 2 is 0.788 bits per heavy atom. The third-order valence-corrected chi connectivity index (χ3v) is 10.0. The average molecular weight is 488 g/mol. The van der Waals surface area contributed by atoms with E-state index in [1.54, 1.807) is 21.3 Å². The van der Waals surface area contributed by atoms with Crippen molar-refractivity contribution < 1.29 is 13.3 Å².